The zero-order valence-corrected chi connectivity index (χ0v) is 10.7. The maximum atomic E-state index is 11.1. The second-order valence-electron chi connectivity index (χ2n) is 4.09. The molecular weight excluding hydrogens is 264 g/mol. The number of nitro groups is 1. The highest BCUT2D eigenvalue weighted by Crippen LogP contribution is 2.23. The van der Waals surface area contributed by atoms with E-state index in [0.717, 1.165) is 18.7 Å². The molecule has 0 aliphatic heterocycles. The van der Waals surface area contributed by atoms with Gasteiger partial charge in [0.25, 0.3) is 0 Å². The van der Waals surface area contributed by atoms with Gasteiger partial charge >= 0.3 is 11.7 Å². The topological polar surface area (TPSA) is 111 Å². The van der Waals surface area contributed by atoms with E-state index in [1.54, 1.807) is 6.20 Å². The van der Waals surface area contributed by atoms with Crippen molar-refractivity contribution >= 4 is 11.7 Å². The Morgan fingerprint density at radius 1 is 1.50 bits per heavy atom. The summed E-state index contributed by atoms with van der Waals surface area (Å²) in [6.45, 7) is 1.97. The minimum Gasteiger partial charge on any atom is -0.478 e. The van der Waals surface area contributed by atoms with E-state index >= 15 is 0 Å². The van der Waals surface area contributed by atoms with Crippen LogP contribution in [0, 0.1) is 10.1 Å². The number of aryl methyl sites for hydroxylation is 1. The van der Waals surface area contributed by atoms with Crippen LogP contribution in [0.4, 0.5) is 5.69 Å². The quantitative estimate of drug-likeness (QED) is 0.658. The molecule has 0 saturated carbocycles. The summed E-state index contributed by atoms with van der Waals surface area (Å²) in [5.41, 5.74) is -0.585. The summed E-state index contributed by atoms with van der Waals surface area (Å²) < 4.78 is 1.51. The Hall–Kier alpha value is -2.77. The van der Waals surface area contributed by atoms with Crippen LogP contribution < -0.4 is 0 Å². The Morgan fingerprint density at radius 3 is 2.85 bits per heavy atom. The highest BCUT2D eigenvalue weighted by Gasteiger charge is 2.21. The molecule has 0 atom stereocenters. The van der Waals surface area contributed by atoms with Crippen molar-refractivity contribution in [2.45, 2.75) is 19.8 Å². The molecule has 0 unspecified atom stereocenters. The lowest BCUT2D eigenvalue weighted by molar-refractivity contribution is -0.384. The minimum atomic E-state index is -1.26. The summed E-state index contributed by atoms with van der Waals surface area (Å²) in [5.74, 6) is -0.543. The molecule has 0 bridgehead atoms. The molecule has 2 aromatic heterocycles. The van der Waals surface area contributed by atoms with Gasteiger partial charge in [0.1, 0.15) is 5.82 Å². The van der Waals surface area contributed by atoms with Gasteiger partial charge < -0.3 is 5.11 Å². The second kappa shape index (κ2) is 5.47. The van der Waals surface area contributed by atoms with Crippen LogP contribution in [-0.4, -0.2) is 30.5 Å². The van der Waals surface area contributed by atoms with Gasteiger partial charge in [0.15, 0.2) is 0 Å². The molecular formula is C12H12N4O4. The SMILES string of the molecule is CCCc1nccn1-c1ncc(C(=O)O)cc1[N+](=O)[O-]. The predicted octanol–water partition coefficient (Wildman–Crippen LogP) is 1.83. The molecule has 0 saturated heterocycles. The largest absolute Gasteiger partial charge is 0.478 e. The van der Waals surface area contributed by atoms with Crippen molar-refractivity contribution in [1.29, 1.82) is 0 Å². The van der Waals surface area contributed by atoms with E-state index < -0.39 is 10.9 Å². The highest BCUT2D eigenvalue weighted by atomic mass is 16.6. The third-order valence-electron chi connectivity index (χ3n) is 2.71. The van der Waals surface area contributed by atoms with Gasteiger partial charge in [-0.2, -0.15) is 0 Å². The summed E-state index contributed by atoms with van der Waals surface area (Å²) in [6, 6.07) is 1.00. The molecule has 1 N–H and O–H groups in total. The number of rotatable bonds is 5. The fraction of sp³-hybridized carbons (Fsp3) is 0.250. The molecule has 8 nitrogen and oxygen atoms in total. The number of carboxylic acids is 1. The molecule has 0 radical (unpaired) electrons. The molecule has 2 rings (SSSR count). The summed E-state index contributed by atoms with van der Waals surface area (Å²) in [4.78, 5) is 29.3. The van der Waals surface area contributed by atoms with Crippen molar-refractivity contribution in [3.8, 4) is 5.82 Å². The summed E-state index contributed by atoms with van der Waals surface area (Å²) in [6.07, 6.45) is 5.67. The van der Waals surface area contributed by atoms with Gasteiger partial charge in [0.05, 0.1) is 10.5 Å². The summed E-state index contributed by atoms with van der Waals surface area (Å²) in [7, 11) is 0. The number of nitrogens with zero attached hydrogens (tertiary/aromatic N) is 4. The predicted molar refractivity (Wildman–Crippen MR) is 69.0 cm³/mol. The minimum absolute atomic E-state index is 0.0703. The molecule has 0 aromatic carbocycles. The lowest BCUT2D eigenvalue weighted by Crippen LogP contribution is -2.08. The van der Waals surface area contributed by atoms with Gasteiger partial charge in [-0.05, 0) is 6.42 Å². The Morgan fingerprint density at radius 2 is 2.25 bits per heavy atom. The number of hydrogen-bond acceptors (Lipinski definition) is 5. The third-order valence-corrected chi connectivity index (χ3v) is 2.71. The van der Waals surface area contributed by atoms with Crippen LogP contribution in [0.2, 0.25) is 0 Å². The van der Waals surface area contributed by atoms with Crippen LogP contribution in [0.5, 0.6) is 0 Å². The molecule has 0 amide bonds. The van der Waals surface area contributed by atoms with Crippen molar-refractivity contribution in [1.82, 2.24) is 14.5 Å². The number of hydrogen-bond donors (Lipinski definition) is 1. The smallest absolute Gasteiger partial charge is 0.337 e. The van der Waals surface area contributed by atoms with Gasteiger partial charge in [-0.1, -0.05) is 6.92 Å². The molecule has 0 fully saturated rings. The van der Waals surface area contributed by atoms with E-state index in [1.165, 1.54) is 10.8 Å². The maximum absolute atomic E-state index is 11.1. The van der Waals surface area contributed by atoms with Gasteiger partial charge in [0.2, 0.25) is 5.82 Å². The fourth-order valence-electron chi connectivity index (χ4n) is 1.82. The van der Waals surface area contributed by atoms with E-state index in [1.807, 2.05) is 6.92 Å². The lowest BCUT2D eigenvalue weighted by atomic mass is 10.2. The molecule has 2 heterocycles. The Bertz CT molecular complexity index is 665. The summed E-state index contributed by atoms with van der Waals surface area (Å²) in [5, 5.41) is 20.0. The third kappa shape index (κ3) is 2.48. The van der Waals surface area contributed by atoms with Gasteiger partial charge in [-0.25, -0.2) is 14.8 Å². The van der Waals surface area contributed by atoms with Gasteiger partial charge in [-0.15, -0.1) is 0 Å². The normalized spacial score (nSPS) is 10.4. The number of carboxylic acid groups (broad SMARTS) is 1. The van der Waals surface area contributed by atoms with E-state index in [4.69, 9.17) is 5.11 Å². The van der Waals surface area contributed by atoms with Crippen molar-refractivity contribution in [3.63, 3.8) is 0 Å². The molecule has 20 heavy (non-hydrogen) atoms. The van der Waals surface area contributed by atoms with Crippen molar-refractivity contribution in [3.05, 3.63) is 46.2 Å². The van der Waals surface area contributed by atoms with Crippen LogP contribution in [0.3, 0.4) is 0 Å². The zero-order valence-electron chi connectivity index (χ0n) is 10.7. The molecule has 0 aliphatic carbocycles. The maximum Gasteiger partial charge on any atom is 0.337 e. The monoisotopic (exact) mass is 276 g/mol. The van der Waals surface area contributed by atoms with E-state index in [9.17, 15) is 14.9 Å². The number of aromatic nitrogens is 3. The molecule has 0 aliphatic rings. The van der Waals surface area contributed by atoms with Gasteiger partial charge in [-0.3, -0.25) is 14.7 Å². The standard InChI is InChI=1S/C12H12N4O4/c1-2-3-10-13-4-5-15(10)11-9(16(19)20)6-8(7-14-11)12(17)18/h4-7H,2-3H2,1H3,(H,17,18). The Labute approximate surface area is 113 Å². The highest BCUT2D eigenvalue weighted by molar-refractivity contribution is 5.88. The average molecular weight is 276 g/mol. The van der Waals surface area contributed by atoms with Crippen LogP contribution in [-0.2, 0) is 6.42 Å². The van der Waals surface area contributed by atoms with Crippen molar-refractivity contribution < 1.29 is 14.8 Å². The Kier molecular flexibility index (Phi) is 3.74. The molecule has 8 heteroatoms. The second-order valence-corrected chi connectivity index (χ2v) is 4.09. The van der Waals surface area contributed by atoms with Crippen molar-refractivity contribution in [2.24, 2.45) is 0 Å². The van der Waals surface area contributed by atoms with Crippen LogP contribution in [0.25, 0.3) is 5.82 Å². The number of carbonyl (C=O) groups is 1. The van der Waals surface area contributed by atoms with Crippen LogP contribution in [0.1, 0.15) is 29.5 Å². The molecule has 104 valence electrons. The van der Waals surface area contributed by atoms with E-state index in [0.29, 0.717) is 12.2 Å². The van der Waals surface area contributed by atoms with Crippen LogP contribution >= 0.6 is 0 Å². The number of imidazole rings is 1. The first kappa shape index (κ1) is 13.7. The molecule has 2 aromatic rings. The summed E-state index contributed by atoms with van der Waals surface area (Å²) >= 11 is 0. The van der Waals surface area contributed by atoms with E-state index in [2.05, 4.69) is 9.97 Å². The van der Waals surface area contributed by atoms with Crippen molar-refractivity contribution in [2.75, 3.05) is 0 Å². The first-order chi connectivity index (χ1) is 9.54. The van der Waals surface area contributed by atoms with Crippen LogP contribution in [0.15, 0.2) is 24.7 Å². The van der Waals surface area contributed by atoms with Gasteiger partial charge in [0, 0.05) is 31.1 Å². The average Bonchev–Trinajstić information content (AvgIpc) is 2.86. The zero-order chi connectivity index (χ0) is 14.7. The molecule has 0 spiro atoms. The fourth-order valence-corrected chi connectivity index (χ4v) is 1.82. The first-order valence-electron chi connectivity index (χ1n) is 5.95. The number of pyridine rings is 1. The lowest BCUT2D eigenvalue weighted by Gasteiger charge is -2.07. The number of aromatic carboxylic acids is 1. The van der Waals surface area contributed by atoms with E-state index in [-0.39, 0.29) is 17.1 Å². The first-order valence-corrected chi connectivity index (χ1v) is 5.95. The Balaban J connectivity index is 2.58.